The van der Waals surface area contributed by atoms with Crippen LogP contribution in [0.1, 0.15) is 73.3 Å². The molecule has 1 aromatic rings. The molecule has 4 bridgehead atoms. The lowest BCUT2D eigenvalue weighted by Crippen LogP contribution is -2.66. The van der Waals surface area contributed by atoms with Crippen LogP contribution in [0.4, 0.5) is 5.95 Å². The van der Waals surface area contributed by atoms with E-state index in [1.807, 2.05) is 0 Å². The predicted molar refractivity (Wildman–Crippen MR) is 107 cm³/mol. The molecular formula is C22H30N4O3. The smallest absolute Gasteiger partial charge is 0.252 e. The van der Waals surface area contributed by atoms with Crippen LogP contribution < -0.4 is 10.6 Å². The first-order valence-electron chi connectivity index (χ1n) is 11.3. The van der Waals surface area contributed by atoms with Gasteiger partial charge in [-0.25, -0.2) is 9.97 Å². The summed E-state index contributed by atoms with van der Waals surface area (Å²) in [6.45, 7) is 1.40. The third kappa shape index (κ3) is 2.81. The van der Waals surface area contributed by atoms with Crippen LogP contribution in [0.15, 0.2) is 6.20 Å². The van der Waals surface area contributed by atoms with Crippen molar-refractivity contribution in [2.75, 3.05) is 18.1 Å². The van der Waals surface area contributed by atoms with Gasteiger partial charge in [0.2, 0.25) is 5.95 Å². The Morgan fingerprint density at radius 1 is 1.21 bits per heavy atom. The van der Waals surface area contributed by atoms with Crippen molar-refractivity contribution in [1.29, 1.82) is 0 Å². The summed E-state index contributed by atoms with van der Waals surface area (Å²) < 4.78 is 5.55. The van der Waals surface area contributed by atoms with Gasteiger partial charge >= 0.3 is 0 Å². The van der Waals surface area contributed by atoms with Gasteiger partial charge in [-0.05, 0) is 62.7 Å². The third-order valence-electron chi connectivity index (χ3n) is 8.32. The number of amides is 1. The third-order valence-corrected chi connectivity index (χ3v) is 8.32. The first kappa shape index (κ1) is 18.1. The quantitative estimate of drug-likeness (QED) is 0.787. The van der Waals surface area contributed by atoms with Crippen LogP contribution in [-0.4, -0.2) is 51.9 Å². The summed E-state index contributed by atoms with van der Waals surface area (Å²) in [6, 6.07) is 0.634. The molecule has 1 amide bonds. The Labute approximate surface area is 171 Å². The maximum absolute atomic E-state index is 12.0. The highest BCUT2D eigenvalue weighted by Gasteiger charge is 2.57. The van der Waals surface area contributed by atoms with Crippen molar-refractivity contribution in [3.05, 3.63) is 17.5 Å². The van der Waals surface area contributed by atoms with Gasteiger partial charge in [0.05, 0.1) is 36.1 Å². The lowest BCUT2D eigenvalue weighted by atomic mass is 9.52. The Morgan fingerprint density at radius 3 is 2.45 bits per heavy atom. The SMILES string of the molecule is NC(=O)c1cnc(N(C2COC2)C2C3CC4CC2CC(O)(C4)C3)nc1C1CCC1. The van der Waals surface area contributed by atoms with Crippen molar-refractivity contribution in [3.63, 3.8) is 0 Å². The van der Waals surface area contributed by atoms with Crippen LogP contribution in [0.2, 0.25) is 0 Å². The molecule has 1 aromatic heterocycles. The number of aromatic nitrogens is 2. The van der Waals surface area contributed by atoms with Crippen molar-refractivity contribution in [1.82, 2.24) is 9.97 Å². The molecule has 2 heterocycles. The van der Waals surface area contributed by atoms with Crippen LogP contribution in [0, 0.1) is 17.8 Å². The molecule has 6 fully saturated rings. The summed E-state index contributed by atoms with van der Waals surface area (Å²) in [7, 11) is 0. The Morgan fingerprint density at radius 2 is 1.93 bits per heavy atom. The van der Waals surface area contributed by atoms with E-state index in [-0.39, 0.29) is 6.04 Å². The van der Waals surface area contributed by atoms with E-state index in [1.165, 1.54) is 19.3 Å². The number of hydrogen-bond donors (Lipinski definition) is 2. The maximum Gasteiger partial charge on any atom is 0.252 e. The molecule has 29 heavy (non-hydrogen) atoms. The standard InChI is InChI=1S/C22H30N4O3/c23-20(27)17-9-24-21(25-18(17)13-2-1-3-13)26(16-10-29-11-16)19-14-4-12-5-15(19)8-22(28,6-12)7-14/h9,12-16,19,28H,1-8,10-11H2,(H2,23,27). The van der Waals surface area contributed by atoms with Crippen molar-refractivity contribution < 1.29 is 14.6 Å². The second-order valence-corrected chi connectivity index (χ2v) is 10.2. The van der Waals surface area contributed by atoms with Crippen LogP contribution in [0.3, 0.4) is 0 Å². The lowest BCUT2D eigenvalue weighted by molar-refractivity contribution is -0.138. The summed E-state index contributed by atoms with van der Waals surface area (Å²) in [5.74, 6) is 2.25. The van der Waals surface area contributed by atoms with Gasteiger partial charge in [-0.2, -0.15) is 0 Å². The Balaban J connectivity index is 1.39. The molecule has 6 aliphatic rings. The normalized spacial score (nSPS) is 38.5. The molecule has 5 saturated carbocycles. The van der Waals surface area contributed by atoms with Crippen molar-refractivity contribution in [2.24, 2.45) is 23.5 Å². The summed E-state index contributed by atoms with van der Waals surface area (Å²) in [4.78, 5) is 24.0. The number of ether oxygens (including phenoxy) is 1. The molecular weight excluding hydrogens is 368 g/mol. The number of aliphatic hydroxyl groups is 1. The summed E-state index contributed by atoms with van der Waals surface area (Å²) in [5.41, 5.74) is 6.48. The fraction of sp³-hybridized carbons (Fsp3) is 0.773. The monoisotopic (exact) mass is 398 g/mol. The molecule has 2 atom stereocenters. The van der Waals surface area contributed by atoms with E-state index in [0.29, 0.717) is 48.5 Å². The van der Waals surface area contributed by atoms with E-state index in [4.69, 9.17) is 15.5 Å². The molecule has 1 saturated heterocycles. The van der Waals surface area contributed by atoms with Gasteiger partial charge in [0.1, 0.15) is 0 Å². The minimum Gasteiger partial charge on any atom is -0.390 e. The fourth-order valence-corrected chi connectivity index (χ4v) is 7.03. The molecule has 5 aliphatic carbocycles. The lowest BCUT2D eigenvalue weighted by Gasteiger charge is -2.61. The minimum absolute atomic E-state index is 0.279. The maximum atomic E-state index is 12.0. The van der Waals surface area contributed by atoms with Crippen molar-refractivity contribution >= 4 is 11.9 Å². The van der Waals surface area contributed by atoms with E-state index in [1.54, 1.807) is 6.20 Å². The van der Waals surface area contributed by atoms with Crippen LogP contribution >= 0.6 is 0 Å². The zero-order valence-corrected chi connectivity index (χ0v) is 16.8. The van der Waals surface area contributed by atoms with Crippen molar-refractivity contribution in [3.8, 4) is 0 Å². The van der Waals surface area contributed by atoms with Crippen LogP contribution in [0.25, 0.3) is 0 Å². The average Bonchev–Trinajstić information content (AvgIpc) is 2.55. The number of nitrogens with zero attached hydrogens (tertiary/aromatic N) is 3. The van der Waals surface area contributed by atoms with E-state index < -0.39 is 11.5 Å². The molecule has 7 nitrogen and oxygen atoms in total. The van der Waals surface area contributed by atoms with Crippen LogP contribution in [-0.2, 0) is 4.74 Å². The Hall–Kier alpha value is -1.73. The minimum atomic E-state index is -0.456. The topological polar surface area (TPSA) is 102 Å². The van der Waals surface area contributed by atoms with Crippen molar-refractivity contribution in [2.45, 2.75) is 75.0 Å². The largest absolute Gasteiger partial charge is 0.390 e. The van der Waals surface area contributed by atoms with E-state index in [9.17, 15) is 9.90 Å². The van der Waals surface area contributed by atoms with Gasteiger partial charge in [0.15, 0.2) is 0 Å². The fourth-order valence-electron chi connectivity index (χ4n) is 7.03. The number of anilines is 1. The zero-order valence-electron chi connectivity index (χ0n) is 16.8. The highest BCUT2D eigenvalue weighted by atomic mass is 16.5. The molecule has 7 rings (SSSR count). The van der Waals surface area contributed by atoms with E-state index >= 15 is 0 Å². The van der Waals surface area contributed by atoms with Gasteiger partial charge in [0.25, 0.3) is 5.91 Å². The number of nitrogens with two attached hydrogens (primary N) is 1. The molecule has 1 aliphatic heterocycles. The first-order valence-corrected chi connectivity index (χ1v) is 11.3. The Kier molecular flexibility index (Phi) is 3.98. The van der Waals surface area contributed by atoms with Crippen LogP contribution in [0.5, 0.6) is 0 Å². The molecule has 0 aromatic carbocycles. The average molecular weight is 399 g/mol. The van der Waals surface area contributed by atoms with Gasteiger partial charge in [-0.3, -0.25) is 4.79 Å². The number of carbonyl (C=O) groups is 1. The first-order chi connectivity index (χ1) is 14.0. The number of primary amides is 1. The zero-order chi connectivity index (χ0) is 19.8. The summed E-state index contributed by atoms with van der Waals surface area (Å²) in [5, 5.41) is 11.0. The number of rotatable bonds is 5. The molecule has 156 valence electrons. The predicted octanol–water partition coefficient (Wildman–Crippen LogP) is 1.99. The van der Waals surface area contributed by atoms with Gasteiger partial charge in [0, 0.05) is 18.2 Å². The summed E-state index contributed by atoms with van der Waals surface area (Å²) >= 11 is 0. The molecule has 0 radical (unpaired) electrons. The molecule has 7 heteroatoms. The highest BCUT2D eigenvalue weighted by molar-refractivity contribution is 5.93. The van der Waals surface area contributed by atoms with E-state index in [2.05, 4.69) is 9.88 Å². The molecule has 3 N–H and O–H groups in total. The van der Waals surface area contributed by atoms with Gasteiger partial charge < -0.3 is 20.5 Å². The molecule has 2 unspecified atom stereocenters. The number of carbonyl (C=O) groups excluding carboxylic acids is 1. The second kappa shape index (κ2) is 6.38. The number of hydrogen-bond acceptors (Lipinski definition) is 6. The highest BCUT2D eigenvalue weighted by Crippen LogP contribution is 2.57. The summed E-state index contributed by atoms with van der Waals surface area (Å²) in [6.07, 6.45) is 10.1. The van der Waals surface area contributed by atoms with E-state index in [0.717, 1.165) is 43.7 Å². The second-order valence-electron chi connectivity index (χ2n) is 10.2. The van der Waals surface area contributed by atoms with Gasteiger partial charge in [-0.1, -0.05) is 6.42 Å². The van der Waals surface area contributed by atoms with Gasteiger partial charge in [-0.15, -0.1) is 0 Å². The Bertz CT molecular complexity index is 821. The molecule has 0 spiro atoms.